The van der Waals surface area contributed by atoms with Crippen LogP contribution in [0.2, 0.25) is 5.02 Å². The van der Waals surface area contributed by atoms with Crippen LogP contribution in [0.1, 0.15) is 158 Å². The van der Waals surface area contributed by atoms with Crippen LogP contribution in [0.5, 0.6) is 17.2 Å². The van der Waals surface area contributed by atoms with Gasteiger partial charge in [-0.2, -0.15) is 0 Å². The highest BCUT2D eigenvalue weighted by atomic mass is 35.5. The Labute approximate surface area is 497 Å². The average Bonchev–Trinajstić information content (AvgIpc) is 2.63. The molecule has 3 heterocycles. The third kappa shape index (κ3) is 14.7. The van der Waals surface area contributed by atoms with E-state index in [9.17, 15) is 23.7 Å². The van der Waals surface area contributed by atoms with Crippen LogP contribution in [0.25, 0.3) is 50.2 Å². The number of fused-ring (bicyclic) bond motifs is 3. The van der Waals surface area contributed by atoms with E-state index < -0.39 is 16.4 Å². The summed E-state index contributed by atoms with van der Waals surface area (Å²) in [6, 6.07) is 27.7. The molecule has 0 aliphatic rings. The van der Waals surface area contributed by atoms with Crippen LogP contribution in [0.3, 0.4) is 0 Å². The number of aliphatic hydroxyl groups excluding tert-OH is 2. The Bertz CT molecular complexity index is 3960. The minimum absolute atomic E-state index is 0.0572. The number of nitrogens with zero attached hydrogens (tertiary/aromatic N) is 9. The summed E-state index contributed by atoms with van der Waals surface area (Å²) in [5.74, 6) is 0.824. The molecule has 6 aromatic carbocycles. The number of aromatic nitrogens is 9. The second-order valence-electron chi connectivity index (χ2n) is 27.2. The van der Waals surface area contributed by atoms with E-state index in [-0.39, 0.29) is 67.0 Å². The van der Waals surface area contributed by atoms with Crippen molar-refractivity contribution < 1.29 is 34.0 Å². The number of hydrogen-bond acceptors (Lipinski definition) is 14. The molecule has 0 radical (unpaired) electrons. The zero-order valence-corrected chi connectivity index (χ0v) is 53.6. The lowest BCUT2D eigenvalue weighted by Gasteiger charge is -2.27. The average molecular weight is 1190 g/mol. The van der Waals surface area contributed by atoms with Crippen molar-refractivity contribution >= 4 is 66.3 Å². The van der Waals surface area contributed by atoms with Gasteiger partial charge < -0.3 is 25.5 Å². The van der Waals surface area contributed by atoms with E-state index in [0.29, 0.717) is 44.4 Å². The summed E-state index contributed by atoms with van der Waals surface area (Å²) in [5.41, 5.74) is 10.4. The fourth-order valence-electron chi connectivity index (χ4n) is 9.01. The van der Waals surface area contributed by atoms with Crippen LogP contribution in [0.15, 0.2) is 101 Å². The van der Waals surface area contributed by atoms with Crippen molar-refractivity contribution in [3.8, 4) is 34.3 Å². The molecule has 3 aromatic heterocycles. The van der Waals surface area contributed by atoms with Gasteiger partial charge in [-0.15, -0.1) is 56.7 Å². The standard InChI is InChI=1S/C22H29N3O4S.C22H29N3O2S.C20H24ClN3O/c1-21(2,3)14-11-16(22(4,5)6)20(27)19(12-14)25-23-17-8-7-15(13-18(17)24-25)30(28,29)10-9-26;1-21(2,3)14-11-16(22(4,5)6)20(27)19(12-14)25-23-17-8-7-15(28-10-9-26)13-18(17)24-25;1-19(2,3)12-9-14(20(4,5)6)18(25)17(10-12)24-22-15-8-7-13(21)11-16(15)23-24/h7-8,11-13,26-27H,9-10H2,1-6H3;7-8,11-13,26-27H,9-10H2,1-6H3;7-11,25H,1-6H3. The van der Waals surface area contributed by atoms with Crippen LogP contribution in [-0.4, -0.2) is 104 Å². The first-order valence-electron chi connectivity index (χ1n) is 27.7. The third-order valence-electron chi connectivity index (χ3n) is 14.1. The lowest BCUT2D eigenvalue weighted by atomic mass is 9.80. The molecule has 19 heteroatoms. The molecule has 444 valence electrons. The SMILES string of the molecule is CC(C)(C)c1cc(-n2nc3ccc(Cl)cc3n2)c(O)c(C(C)(C)C)c1.CC(C)(C)c1cc(-n2nc3ccc(S(=O)(=O)CCO)cc3n2)c(O)c(C(C)(C)C)c1.CC(C)(C)c1cc(-n2nc3ccc(SCCO)cc3n2)c(O)c(C(C)(C)C)c1. The molecule has 9 rings (SSSR count). The predicted octanol–water partition coefficient (Wildman–Crippen LogP) is 13.7. The van der Waals surface area contributed by atoms with Gasteiger partial charge in [0, 0.05) is 32.4 Å². The number of thioether (sulfide) groups is 1. The molecular weight excluding hydrogens is 1110 g/mol. The van der Waals surface area contributed by atoms with Gasteiger partial charge in [0.1, 0.15) is 67.4 Å². The number of phenols is 3. The van der Waals surface area contributed by atoms with Gasteiger partial charge in [0.05, 0.1) is 23.9 Å². The van der Waals surface area contributed by atoms with E-state index in [0.717, 1.165) is 54.8 Å². The molecule has 0 aliphatic carbocycles. The number of benzene rings is 6. The Morgan fingerprint density at radius 3 is 1.11 bits per heavy atom. The number of phenolic OH excluding ortho intramolecular Hbond substituents is 3. The van der Waals surface area contributed by atoms with Gasteiger partial charge in [-0.1, -0.05) is 154 Å². The number of aliphatic hydroxyl groups is 2. The highest BCUT2D eigenvalue weighted by Crippen LogP contribution is 2.42. The smallest absolute Gasteiger partial charge is 0.180 e. The quantitative estimate of drug-likeness (QED) is 0.0848. The fourth-order valence-corrected chi connectivity index (χ4v) is 10.9. The minimum atomic E-state index is -3.59. The summed E-state index contributed by atoms with van der Waals surface area (Å²) in [6.07, 6.45) is 0. The van der Waals surface area contributed by atoms with Gasteiger partial charge >= 0.3 is 0 Å². The van der Waals surface area contributed by atoms with E-state index >= 15 is 0 Å². The maximum atomic E-state index is 12.3. The zero-order chi connectivity index (χ0) is 61.7. The van der Waals surface area contributed by atoms with E-state index in [1.54, 1.807) is 30.0 Å². The monoisotopic (exact) mass is 1190 g/mol. The van der Waals surface area contributed by atoms with Crippen LogP contribution >= 0.6 is 23.4 Å². The Morgan fingerprint density at radius 2 is 0.759 bits per heavy atom. The maximum Gasteiger partial charge on any atom is 0.180 e. The summed E-state index contributed by atoms with van der Waals surface area (Å²) in [6.45, 7) is 37.6. The van der Waals surface area contributed by atoms with Crippen molar-refractivity contribution in [3.63, 3.8) is 0 Å². The Morgan fingerprint density at radius 1 is 0.422 bits per heavy atom. The Balaban J connectivity index is 0.000000180. The van der Waals surface area contributed by atoms with Crippen molar-refractivity contribution in [3.05, 3.63) is 129 Å². The molecule has 0 aliphatic heterocycles. The van der Waals surface area contributed by atoms with Gasteiger partial charge in [0.2, 0.25) is 0 Å². The van der Waals surface area contributed by atoms with Gasteiger partial charge in [0.25, 0.3) is 0 Å². The van der Waals surface area contributed by atoms with Crippen molar-refractivity contribution in [1.82, 2.24) is 45.0 Å². The molecule has 0 fully saturated rings. The van der Waals surface area contributed by atoms with Gasteiger partial charge in [-0.05, 0) is 122 Å². The van der Waals surface area contributed by atoms with Crippen LogP contribution in [-0.2, 0) is 42.3 Å². The summed E-state index contributed by atoms with van der Waals surface area (Å²) >= 11 is 7.63. The Kier molecular flexibility index (Phi) is 18.1. The molecule has 9 aromatic rings. The van der Waals surface area contributed by atoms with E-state index in [1.165, 1.54) is 26.5 Å². The first kappa shape index (κ1) is 64.0. The molecule has 0 atom stereocenters. The molecular formula is C64H82ClN9O7S2. The first-order valence-corrected chi connectivity index (χ1v) is 30.7. The molecule has 0 bridgehead atoms. The van der Waals surface area contributed by atoms with Gasteiger partial charge in [-0.25, -0.2) is 8.42 Å². The van der Waals surface area contributed by atoms with Crippen LogP contribution < -0.4 is 0 Å². The molecule has 5 N–H and O–H groups in total. The lowest BCUT2D eigenvalue weighted by Crippen LogP contribution is -2.18. The highest BCUT2D eigenvalue weighted by Gasteiger charge is 2.30. The van der Waals surface area contributed by atoms with Crippen molar-refractivity contribution in [2.75, 3.05) is 24.7 Å². The molecule has 0 amide bonds. The molecule has 16 nitrogen and oxygen atoms in total. The second-order valence-corrected chi connectivity index (χ2v) is 30.9. The van der Waals surface area contributed by atoms with Crippen LogP contribution in [0.4, 0.5) is 0 Å². The van der Waals surface area contributed by atoms with Crippen LogP contribution in [0, 0.1) is 0 Å². The number of rotatable bonds is 9. The van der Waals surface area contributed by atoms with E-state index in [1.807, 2.05) is 69.3 Å². The highest BCUT2D eigenvalue weighted by molar-refractivity contribution is 7.99. The van der Waals surface area contributed by atoms with Gasteiger partial charge in [0.15, 0.2) is 9.84 Å². The summed E-state index contributed by atoms with van der Waals surface area (Å²) in [4.78, 5) is 5.51. The molecule has 0 saturated carbocycles. The summed E-state index contributed by atoms with van der Waals surface area (Å²) < 4.78 is 24.5. The molecule has 0 saturated heterocycles. The molecule has 0 unspecified atom stereocenters. The number of aromatic hydroxyl groups is 3. The second kappa shape index (κ2) is 23.5. The zero-order valence-electron chi connectivity index (χ0n) is 51.3. The van der Waals surface area contributed by atoms with E-state index in [4.69, 9.17) is 21.8 Å². The van der Waals surface area contributed by atoms with Crippen molar-refractivity contribution in [2.24, 2.45) is 0 Å². The Hall–Kier alpha value is -6.57. The van der Waals surface area contributed by atoms with E-state index in [2.05, 4.69) is 147 Å². The number of sulfone groups is 1. The largest absolute Gasteiger partial charge is 0.505 e. The molecule has 83 heavy (non-hydrogen) atoms. The summed E-state index contributed by atoms with van der Waals surface area (Å²) in [5, 5.41) is 78.8. The topological polar surface area (TPSA) is 227 Å². The summed E-state index contributed by atoms with van der Waals surface area (Å²) in [7, 11) is -3.59. The fraction of sp³-hybridized carbons (Fsp3) is 0.438. The predicted molar refractivity (Wildman–Crippen MR) is 336 cm³/mol. The third-order valence-corrected chi connectivity index (χ3v) is 17.0. The lowest BCUT2D eigenvalue weighted by molar-refractivity contribution is 0.319. The van der Waals surface area contributed by atoms with Crippen molar-refractivity contribution in [1.29, 1.82) is 0 Å². The maximum absolute atomic E-state index is 12.3. The minimum Gasteiger partial charge on any atom is -0.505 e. The first-order chi connectivity index (χ1) is 38.2. The normalized spacial score (nSPS) is 12.9. The molecule has 0 spiro atoms. The number of halogens is 1. The van der Waals surface area contributed by atoms with Gasteiger partial charge in [-0.3, -0.25) is 0 Å². The van der Waals surface area contributed by atoms with Crippen molar-refractivity contribution in [2.45, 2.75) is 167 Å². The number of hydrogen-bond donors (Lipinski definition) is 5.